The molecule has 0 saturated carbocycles. The molecule has 1 saturated heterocycles. The molecular weight excluding hydrogens is 416 g/mol. The van der Waals surface area contributed by atoms with Gasteiger partial charge in [-0.2, -0.15) is 4.57 Å². The third kappa shape index (κ3) is 6.60. The molecule has 1 aliphatic heterocycles. The number of hydrogen-bond acceptors (Lipinski definition) is 9. The van der Waals surface area contributed by atoms with Crippen molar-refractivity contribution in [2.24, 2.45) is 5.73 Å². The molecule has 1 aromatic heterocycles. The monoisotopic (exact) mass is 437 g/mol. The van der Waals surface area contributed by atoms with Crippen LogP contribution in [0.4, 0.5) is 0 Å². The molecular formula is C19H21N2O10+. The number of rotatable bonds is 8. The van der Waals surface area contributed by atoms with Gasteiger partial charge in [0.15, 0.2) is 18.5 Å². The molecule has 4 atom stereocenters. The molecule has 0 aromatic carbocycles. The zero-order chi connectivity index (χ0) is 23.1. The normalized spacial score (nSPS) is 22.6. The summed E-state index contributed by atoms with van der Waals surface area (Å²) in [5.74, 6) is -4.41. The lowest BCUT2D eigenvalue weighted by Gasteiger charge is -2.21. The van der Waals surface area contributed by atoms with Crippen LogP contribution >= 0.6 is 0 Å². The quantitative estimate of drug-likeness (QED) is 0.223. The van der Waals surface area contributed by atoms with Crippen LogP contribution in [0.25, 0.3) is 0 Å². The molecule has 1 aromatic rings. The van der Waals surface area contributed by atoms with Crippen LogP contribution in [0.5, 0.6) is 0 Å². The minimum atomic E-state index is -1.34. The number of nitrogens with two attached hydrogens (primary N) is 1. The van der Waals surface area contributed by atoms with Gasteiger partial charge in [-0.1, -0.05) is 0 Å². The molecule has 1 amide bonds. The fraction of sp³-hybridized carbons (Fsp3) is 0.368. The molecule has 0 aliphatic carbocycles. The highest BCUT2D eigenvalue weighted by Gasteiger charge is 2.54. The minimum Gasteiger partial charge on any atom is -0.478 e. The topological polar surface area (TPSA) is 172 Å². The smallest absolute Gasteiger partial charge is 0.331 e. The summed E-state index contributed by atoms with van der Waals surface area (Å²) in [7, 11) is 0. The van der Waals surface area contributed by atoms with E-state index in [2.05, 4.69) is 0 Å². The van der Waals surface area contributed by atoms with Crippen molar-refractivity contribution in [1.82, 2.24) is 0 Å². The summed E-state index contributed by atoms with van der Waals surface area (Å²) >= 11 is 0. The summed E-state index contributed by atoms with van der Waals surface area (Å²) in [6.07, 6.45) is -0.252. The van der Waals surface area contributed by atoms with Crippen molar-refractivity contribution in [2.45, 2.75) is 38.4 Å². The molecule has 3 N–H and O–H groups in total. The molecule has 12 heteroatoms. The Labute approximate surface area is 176 Å². The average Bonchev–Trinajstić information content (AvgIpc) is 3.01. The maximum Gasteiger partial charge on any atom is 0.331 e. The van der Waals surface area contributed by atoms with E-state index in [0.29, 0.717) is 12.2 Å². The summed E-state index contributed by atoms with van der Waals surface area (Å²) in [6.45, 7) is 1.85. The van der Waals surface area contributed by atoms with Crippen LogP contribution in [0.3, 0.4) is 0 Å². The Bertz CT molecular complexity index is 913. The van der Waals surface area contributed by atoms with E-state index in [-0.39, 0.29) is 5.56 Å². The van der Waals surface area contributed by atoms with Gasteiger partial charge in [0.2, 0.25) is 6.10 Å². The molecule has 1 aliphatic rings. The van der Waals surface area contributed by atoms with E-state index < -0.39 is 60.9 Å². The Morgan fingerprint density at radius 3 is 2.35 bits per heavy atom. The first-order valence-corrected chi connectivity index (χ1v) is 8.96. The van der Waals surface area contributed by atoms with E-state index in [1.807, 2.05) is 0 Å². The Balaban J connectivity index is 2.32. The minimum absolute atomic E-state index is 0.144. The van der Waals surface area contributed by atoms with Crippen molar-refractivity contribution >= 4 is 29.8 Å². The van der Waals surface area contributed by atoms with Gasteiger partial charge in [0.25, 0.3) is 5.91 Å². The van der Waals surface area contributed by atoms with Crippen molar-refractivity contribution < 1.29 is 52.6 Å². The fourth-order valence-electron chi connectivity index (χ4n) is 2.88. The largest absolute Gasteiger partial charge is 0.478 e. The van der Waals surface area contributed by atoms with E-state index in [0.717, 1.165) is 13.8 Å². The summed E-state index contributed by atoms with van der Waals surface area (Å²) < 4.78 is 22.7. The highest BCUT2D eigenvalue weighted by atomic mass is 16.7. The van der Waals surface area contributed by atoms with Gasteiger partial charge in [-0.05, 0) is 6.07 Å². The Kier molecular flexibility index (Phi) is 7.80. The van der Waals surface area contributed by atoms with Crippen molar-refractivity contribution in [3.63, 3.8) is 0 Å². The van der Waals surface area contributed by atoms with Gasteiger partial charge in [-0.3, -0.25) is 14.4 Å². The van der Waals surface area contributed by atoms with E-state index in [4.69, 9.17) is 29.8 Å². The summed E-state index contributed by atoms with van der Waals surface area (Å²) in [5.41, 5.74) is 5.44. The maximum atomic E-state index is 11.7. The van der Waals surface area contributed by atoms with Crippen molar-refractivity contribution in [1.29, 1.82) is 0 Å². The zero-order valence-corrected chi connectivity index (χ0v) is 16.6. The van der Waals surface area contributed by atoms with E-state index in [1.54, 1.807) is 0 Å². The number of aliphatic carboxylic acids is 1. The third-order valence-electron chi connectivity index (χ3n) is 4.04. The van der Waals surface area contributed by atoms with Gasteiger partial charge < -0.3 is 29.8 Å². The van der Waals surface area contributed by atoms with Crippen molar-refractivity contribution in [2.75, 3.05) is 6.61 Å². The number of carbonyl (C=O) groups excluding carboxylic acids is 4. The number of aromatic nitrogens is 1. The second-order valence-corrected chi connectivity index (χ2v) is 6.42. The number of primary amides is 1. The summed E-state index contributed by atoms with van der Waals surface area (Å²) in [4.78, 5) is 56.9. The number of ether oxygens (including phenoxy) is 4. The Morgan fingerprint density at radius 2 is 1.77 bits per heavy atom. The fourth-order valence-corrected chi connectivity index (χ4v) is 2.88. The molecule has 31 heavy (non-hydrogen) atoms. The second-order valence-electron chi connectivity index (χ2n) is 6.42. The molecule has 12 nitrogen and oxygen atoms in total. The van der Waals surface area contributed by atoms with Crippen LogP contribution in [0.1, 0.15) is 30.4 Å². The van der Waals surface area contributed by atoms with Crippen molar-refractivity contribution in [3.8, 4) is 0 Å². The lowest BCUT2D eigenvalue weighted by molar-refractivity contribution is -0.765. The lowest BCUT2D eigenvalue weighted by Crippen LogP contribution is -2.48. The second kappa shape index (κ2) is 10.3. The molecule has 0 spiro atoms. The van der Waals surface area contributed by atoms with Gasteiger partial charge in [0.1, 0.15) is 18.3 Å². The van der Waals surface area contributed by atoms with Crippen LogP contribution in [-0.4, -0.2) is 59.8 Å². The van der Waals surface area contributed by atoms with Crippen LogP contribution in [0.15, 0.2) is 36.7 Å². The van der Waals surface area contributed by atoms with Crippen LogP contribution in [-0.2, 0) is 38.1 Å². The third-order valence-corrected chi connectivity index (χ3v) is 4.04. The van der Waals surface area contributed by atoms with Gasteiger partial charge >= 0.3 is 30.1 Å². The molecule has 1 fully saturated rings. The Morgan fingerprint density at radius 1 is 1.13 bits per heavy atom. The zero-order valence-electron chi connectivity index (χ0n) is 16.6. The number of carboxylic acids is 1. The number of nitrogens with zero attached hydrogens (tertiary/aromatic N) is 1. The van der Waals surface area contributed by atoms with Gasteiger partial charge in [0, 0.05) is 32.1 Å². The highest BCUT2D eigenvalue weighted by molar-refractivity contribution is 5.92. The molecule has 0 radical (unpaired) electrons. The summed E-state index contributed by atoms with van der Waals surface area (Å²) in [5, 5.41) is 8.56. The average molecular weight is 437 g/mol. The first-order chi connectivity index (χ1) is 14.6. The number of esters is 3. The summed E-state index contributed by atoms with van der Waals surface area (Å²) in [6, 6.07) is 2.98. The molecule has 2 rings (SSSR count). The molecule has 166 valence electrons. The van der Waals surface area contributed by atoms with E-state index >= 15 is 0 Å². The van der Waals surface area contributed by atoms with Crippen LogP contribution < -0.4 is 10.3 Å². The number of carbonyl (C=O) groups is 5. The first-order valence-electron chi connectivity index (χ1n) is 8.96. The number of amides is 1. The highest BCUT2D eigenvalue weighted by Crippen LogP contribution is 2.31. The van der Waals surface area contributed by atoms with Crippen LogP contribution in [0.2, 0.25) is 0 Å². The standard InChI is InChI=1S/C19H20N2O10/c1-10(22)29-16-13(9-28-15(26)6-5-14(24)25)31-19(17(16)30-11(2)23)21-7-3-4-12(8-21)18(20)27/h3-8,13,16-17,19H,9H2,1-2H3,(H2-,20,24,25,27)/p+1/b6-5+/t13-,16-,17-,19-/m1/s1. The SMILES string of the molecule is CC(=O)O[C@@H]1[C@H](OC(C)=O)[C@@H](COC(=O)/C=C/C(=O)O)O[C@H]1[n+]1cccc(C(N)=O)c1. The number of hydrogen-bond donors (Lipinski definition) is 2. The number of pyridine rings is 1. The predicted molar refractivity (Wildman–Crippen MR) is 97.9 cm³/mol. The van der Waals surface area contributed by atoms with Crippen molar-refractivity contribution in [3.05, 3.63) is 42.2 Å². The van der Waals surface area contributed by atoms with E-state index in [1.165, 1.54) is 29.1 Å². The maximum absolute atomic E-state index is 11.7. The lowest BCUT2D eigenvalue weighted by atomic mass is 10.1. The predicted octanol–water partition coefficient (Wildman–Crippen LogP) is -0.982. The first kappa shape index (κ1) is 23.5. The van der Waals surface area contributed by atoms with Crippen LogP contribution in [0, 0.1) is 0 Å². The Hall–Kier alpha value is -3.80. The van der Waals surface area contributed by atoms with Gasteiger partial charge in [-0.25, -0.2) is 9.59 Å². The van der Waals surface area contributed by atoms with Gasteiger partial charge in [-0.15, -0.1) is 0 Å². The van der Waals surface area contributed by atoms with Gasteiger partial charge in [0.05, 0.1) is 0 Å². The molecule has 0 unspecified atom stereocenters. The van der Waals surface area contributed by atoms with E-state index in [9.17, 15) is 24.0 Å². The molecule has 2 heterocycles. The molecule has 0 bridgehead atoms. The number of carboxylic acid groups (broad SMARTS) is 1.